The van der Waals surface area contributed by atoms with E-state index in [1.165, 1.54) is 12.5 Å². The zero-order valence-electron chi connectivity index (χ0n) is 19.8. The fourth-order valence-corrected chi connectivity index (χ4v) is 3.17. The molecule has 0 aliphatic heterocycles. The second kappa shape index (κ2) is 13.3. The van der Waals surface area contributed by atoms with Crippen molar-refractivity contribution in [3.63, 3.8) is 0 Å². The lowest BCUT2D eigenvalue weighted by Crippen LogP contribution is -2.58. The molecule has 4 amide bonds. The largest absolute Gasteiger partial charge is 0.480 e. The van der Waals surface area contributed by atoms with E-state index >= 15 is 0 Å². The van der Waals surface area contributed by atoms with Gasteiger partial charge < -0.3 is 37.5 Å². The van der Waals surface area contributed by atoms with Gasteiger partial charge in [0.15, 0.2) is 0 Å². The molecule has 0 saturated carbocycles. The standard InChI is InChI=1S/C21H35N7O6/c1-10(2)5-13(22)18(30)26-14(6-12-8-24-9-25-12)19(31)27-15(7-16(23)29)20(32)28-17(11(3)4)21(33)34/h8-11,13-15,17H,5-7,22H2,1-4H3,(H2,23,29)(H,24,25)(H,26,30)(H,27,31)(H,28,32)(H,33,34). The molecular formula is C21H35N7O6. The highest BCUT2D eigenvalue weighted by Crippen LogP contribution is 2.07. The monoisotopic (exact) mass is 481 g/mol. The van der Waals surface area contributed by atoms with E-state index in [1.54, 1.807) is 13.8 Å². The normalized spacial score (nSPS) is 14.7. The molecule has 13 nitrogen and oxygen atoms in total. The molecule has 0 saturated heterocycles. The number of amides is 4. The van der Waals surface area contributed by atoms with Crippen LogP contribution in [0.4, 0.5) is 0 Å². The smallest absolute Gasteiger partial charge is 0.326 e. The van der Waals surface area contributed by atoms with Crippen molar-refractivity contribution in [1.82, 2.24) is 25.9 Å². The van der Waals surface area contributed by atoms with Crippen LogP contribution in [0.25, 0.3) is 0 Å². The molecule has 34 heavy (non-hydrogen) atoms. The number of nitrogens with zero attached hydrogens (tertiary/aromatic N) is 1. The van der Waals surface area contributed by atoms with Gasteiger partial charge >= 0.3 is 5.97 Å². The van der Waals surface area contributed by atoms with Crippen LogP contribution in [-0.2, 0) is 30.4 Å². The average Bonchev–Trinajstić information content (AvgIpc) is 3.22. The Morgan fingerprint density at radius 1 is 1.00 bits per heavy atom. The number of nitrogens with one attached hydrogen (secondary N) is 4. The number of hydrogen-bond donors (Lipinski definition) is 7. The minimum Gasteiger partial charge on any atom is -0.480 e. The highest BCUT2D eigenvalue weighted by molar-refractivity contribution is 5.96. The molecule has 0 aromatic carbocycles. The maximum atomic E-state index is 13.1. The zero-order valence-corrected chi connectivity index (χ0v) is 19.8. The summed E-state index contributed by atoms with van der Waals surface area (Å²) in [6.07, 6.45) is 2.69. The first kappa shape index (κ1) is 28.6. The number of carbonyl (C=O) groups excluding carboxylic acids is 4. The Balaban J connectivity index is 3.06. The van der Waals surface area contributed by atoms with E-state index < -0.39 is 66.1 Å². The Hall–Kier alpha value is -3.48. The van der Waals surface area contributed by atoms with Crippen LogP contribution < -0.4 is 27.4 Å². The Kier molecular flexibility index (Phi) is 11.2. The van der Waals surface area contributed by atoms with Crippen LogP contribution in [0.3, 0.4) is 0 Å². The molecule has 0 aliphatic carbocycles. The van der Waals surface area contributed by atoms with E-state index in [1.807, 2.05) is 13.8 Å². The molecule has 190 valence electrons. The van der Waals surface area contributed by atoms with E-state index in [0.29, 0.717) is 12.1 Å². The summed E-state index contributed by atoms with van der Waals surface area (Å²) in [6, 6.07) is -4.70. The number of primary amides is 1. The quantitative estimate of drug-likeness (QED) is 0.163. The minimum absolute atomic E-state index is 0.000622. The molecule has 1 heterocycles. The van der Waals surface area contributed by atoms with Crippen molar-refractivity contribution in [3.05, 3.63) is 18.2 Å². The second-order valence-corrected chi connectivity index (χ2v) is 8.88. The van der Waals surface area contributed by atoms with Crippen LogP contribution in [0.5, 0.6) is 0 Å². The van der Waals surface area contributed by atoms with Gasteiger partial charge in [0.25, 0.3) is 0 Å². The van der Waals surface area contributed by atoms with Gasteiger partial charge in [0, 0.05) is 18.3 Å². The molecule has 0 bridgehead atoms. The number of carbonyl (C=O) groups is 5. The van der Waals surface area contributed by atoms with Crippen molar-refractivity contribution >= 4 is 29.6 Å². The van der Waals surface area contributed by atoms with E-state index in [-0.39, 0.29) is 12.3 Å². The molecule has 9 N–H and O–H groups in total. The Morgan fingerprint density at radius 3 is 2.06 bits per heavy atom. The highest BCUT2D eigenvalue weighted by atomic mass is 16.4. The van der Waals surface area contributed by atoms with Gasteiger partial charge in [-0.15, -0.1) is 0 Å². The Morgan fingerprint density at radius 2 is 1.59 bits per heavy atom. The predicted octanol–water partition coefficient (Wildman–Crippen LogP) is -1.60. The molecule has 4 unspecified atom stereocenters. The van der Waals surface area contributed by atoms with Crippen molar-refractivity contribution in [2.75, 3.05) is 0 Å². The molecule has 1 rings (SSSR count). The molecule has 1 aromatic heterocycles. The number of hydrogen-bond acceptors (Lipinski definition) is 7. The van der Waals surface area contributed by atoms with Gasteiger partial charge in [-0.3, -0.25) is 19.2 Å². The van der Waals surface area contributed by atoms with Crippen LogP contribution in [0, 0.1) is 11.8 Å². The molecule has 0 radical (unpaired) electrons. The van der Waals surface area contributed by atoms with Gasteiger partial charge in [-0.1, -0.05) is 27.7 Å². The van der Waals surface area contributed by atoms with Crippen molar-refractivity contribution in [1.29, 1.82) is 0 Å². The number of H-pyrrole nitrogens is 1. The van der Waals surface area contributed by atoms with E-state index in [0.717, 1.165) is 0 Å². The molecule has 0 aliphatic rings. The fourth-order valence-electron chi connectivity index (χ4n) is 3.17. The summed E-state index contributed by atoms with van der Waals surface area (Å²) in [5.41, 5.74) is 11.7. The second-order valence-electron chi connectivity index (χ2n) is 8.88. The first-order valence-corrected chi connectivity index (χ1v) is 11.0. The van der Waals surface area contributed by atoms with Gasteiger partial charge in [-0.25, -0.2) is 9.78 Å². The third-order valence-corrected chi connectivity index (χ3v) is 4.94. The molecule has 0 fully saturated rings. The lowest BCUT2D eigenvalue weighted by atomic mass is 10.0. The average molecular weight is 482 g/mol. The molecule has 13 heteroatoms. The number of carboxylic acids is 1. The molecule has 4 atom stereocenters. The van der Waals surface area contributed by atoms with Crippen molar-refractivity contribution in [2.24, 2.45) is 23.3 Å². The lowest BCUT2D eigenvalue weighted by Gasteiger charge is -2.25. The van der Waals surface area contributed by atoms with E-state index in [9.17, 15) is 29.1 Å². The van der Waals surface area contributed by atoms with Crippen LogP contribution in [0.15, 0.2) is 12.5 Å². The summed E-state index contributed by atoms with van der Waals surface area (Å²) in [5.74, 6) is -4.70. The zero-order chi connectivity index (χ0) is 26.0. The third-order valence-electron chi connectivity index (χ3n) is 4.94. The summed E-state index contributed by atoms with van der Waals surface area (Å²) in [7, 11) is 0. The lowest BCUT2D eigenvalue weighted by molar-refractivity contribution is -0.143. The van der Waals surface area contributed by atoms with Gasteiger partial charge in [0.2, 0.25) is 23.6 Å². The topological polar surface area (TPSA) is 222 Å². The summed E-state index contributed by atoms with van der Waals surface area (Å²) < 4.78 is 0. The number of carboxylic acid groups (broad SMARTS) is 1. The highest BCUT2D eigenvalue weighted by Gasteiger charge is 2.32. The summed E-state index contributed by atoms with van der Waals surface area (Å²) in [6.45, 7) is 6.99. The van der Waals surface area contributed by atoms with Crippen LogP contribution in [-0.4, -0.2) is 68.8 Å². The summed E-state index contributed by atoms with van der Waals surface area (Å²) >= 11 is 0. The van der Waals surface area contributed by atoms with Crippen LogP contribution in [0.2, 0.25) is 0 Å². The Bertz CT molecular complexity index is 856. The van der Waals surface area contributed by atoms with Gasteiger partial charge in [-0.05, 0) is 18.3 Å². The Labute approximate surface area is 197 Å². The summed E-state index contributed by atoms with van der Waals surface area (Å²) in [4.78, 5) is 68.0. The number of aliphatic carboxylic acids is 1. The number of aromatic nitrogens is 2. The van der Waals surface area contributed by atoms with E-state index in [4.69, 9.17) is 11.5 Å². The van der Waals surface area contributed by atoms with Gasteiger partial charge in [0.1, 0.15) is 18.1 Å². The molecule has 0 spiro atoms. The van der Waals surface area contributed by atoms with Crippen molar-refractivity contribution in [3.8, 4) is 0 Å². The van der Waals surface area contributed by atoms with Gasteiger partial charge in [-0.2, -0.15) is 0 Å². The van der Waals surface area contributed by atoms with Gasteiger partial charge in [0.05, 0.1) is 18.8 Å². The van der Waals surface area contributed by atoms with Crippen LogP contribution in [0.1, 0.15) is 46.2 Å². The predicted molar refractivity (Wildman–Crippen MR) is 122 cm³/mol. The number of nitrogens with two attached hydrogens (primary N) is 2. The minimum atomic E-state index is -1.45. The third kappa shape index (κ3) is 9.57. The van der Waals surface area contributed by atoms with Crippen molar-refractivity contribution in [2.45, 2.75) is 71.1 Å². The van der Waals surface area contributed by atoms with Crippen LogP contribution >= 0.6 is 0 Å². The SMILES string of the molecule is CC(C)CC(N)C(=O)NC(Cc1cnc[nH]1)C(=O)NC(CC(N)=O)C(=O)NC(C(=O)O)C(C)C. The maximum absolute atomic E-state index is 13.1. The molecule has 1 aromatic rings. The molecular weight excluding hydrogens is 446 g/mol. The summed E-state index contributed by atoms with van der Waals surface area (Å²) in [5, 5.41) is 16.6. The first-order valence-electron chi connectivity index (χ1n) is 11.0. The van der Waals surface area contributed by atoms with E-state index in [2.05, 4.69) is 25.9 Å². The number of aromatic amines is 1. The van der Waals surface area contributed by atoms with Crippen molar-refractivity contribution < 1.29 is 29.1 Å². The first-order chi connectivity index (χ1) is 15.8. The fraction of sp³-hybridized carbons (Fsp3) is 0.619. The maximum Gasteiger partial charge on any atom is 0.326 e. The number of rotatable bonds is 14. The number of imidazole rings is 1.